The van der Waals surface area contributed by atoms with E-state index in [4.69, 9.17) is 0 Å². The fourth-order valence-electron chi connectivity index (χ4n) is 4.85. The number of hydrogen-bond donors (Lipinski definition) is 4. The van der Waals surface area contributed by atoms with Gasteiger partial charge in [0.25, 0.3) is 0 Å². The zero-order valence-electron chi connectivity index (χ0n) is 16.6. The van der Waals surface area contributed by atoms with Crippen molar-refractivity contribution < 1.29 is 24.6 Å². The summed E-state index contributed by atoms with van der Waals surface area (Å²) in [5.41, 5.74) is -2.48. The highest BCUT2D eigenvalue weighted by atomic mass is 16.4. The van der Waals surface area contributed by atoms with E-state index in [1.54, 1.807) is 0 Å². The number of carboxylic acids is 2. The maximum atomic E-state index is 12.8. The van der Waals surface area contributed by atoms with Gasteiger partial charge in [-0.3, -0.25) is 9.59 Å². The predicted molar refractivity (Wildman–Crippen MR) is 96.8 cm³/mol. The lowest BCUT2D eigenvalue weighted by molar-refractivity contribution is -0.146. The molecular weight excluding hydrogens is 336 g/mol. The van der Waals surface area contributed by atoms with Crippen LogP contribution in [0.25, 0.3) is 0 Å². The normalized spacial score (nSPS) is 37.9. The van der Waals surface area contributed by atoms with E-state index in [0.717, 1.165) is 0 Å². The monoisotopic (exact) mass is 368 g/mol. The third kappa shape index (κ3) is 2.95. The van der Waals surface area contributed by atoms with Crippen LogP contribution in [0.1, 0.15) is 67.2 Å². The van der Waals surface area contributed by atoms with E-state index in [1.807, 2.05) is 41.5 Å². The zero-order valence-corrected chi connectivity index (χ0v) is 16.6. The molecule has 2 rings (SSSR count). The van der Waals surface area contributed by atoms with Gasteiger partial charge < -0.3 is 20.8 Å². The number of carboxylic acid groups (broad SMARTS) is 2. The quantitative estimate of drug-likeness (QED) is 0.609. The summed E-state index contributed by atoms with van der Waals surface area (Å²) in [6.07, 6.45) is 2.20. The van der Waals surface area contributed by atoms with Gasteiger partial charge in [0.05, 0.1) is 11.8 Å². The van der Waals surface area contributed by atoms with Crippen LogP contribution in [0.15, 0.2) is 0 Å². The molecule has 2 aliphatic rings. The molecule has 0 radical (unpaired) electrons. The van der Waals surface area contributed by atoms with Crippen molar-refractivity contribution in [1.29, 1.82) is 0 Å². The second-order valence-electron chi connectivity index (χ2n) is 9.55. The lowest BCUT2D eigenvalue weighted by Crippen LogP contribution is -2.63. The molecule has 2 fully saturated rings. The van der Waals surface area contributed by atoms with Crippen molar-refractivity contribution in [1.82, 2.24) is 10.6 Å². The molecule has 0 unspecified atom stereocenters. The first-order valence-electron chi connectivity index (χ1n) is 9.24. The summed E-state index contributed by atoms with van der Waals surface area (Å²) in [4.78, 5) is 35.8. The van der Waals surface area contributed by atoms with E-state index in [2.05, 4.69) is 10.6 Å². The Kier molecular flexibility index (Phi) is 4.84. The highest BCUT2D eigenvalue weighted by Gasteiger charge is 2.57. The summed E-state index contributed by atoms with van der Waals surface area (Å²) in [6, 6.07) is -0.367. The summed E-state index contributed by atoms with van der Waals surface area (Å²) >= 11 is 0. The minimum atomic E-state index is -0.839. The summed E-state index contributed by atoms with van der Waals surface area (Å²) in [5.74, 6) is -2.70. The van der Waals surface area contributed by atoms with Gasteiger partial charge in [-0.15, -0.1) is 0 Å². The number of urea groups is 1. The third-order valence-corrected chi connectivity index (χ3v) is 7.83. The van der Waals surface area contributed by atoms with Gasteiger partial charge in [-0.1, -0.05) is 27.7 Å². The lowest BCUT2D eigenvalue weighted by Gasteiger charge is -2.44. The Morgan fingerprint density at radius 2 is 1.04 bits per heavy atom. The van der Waals surface area contributed by atoms with Crippen LogP contribution in [0.5, 0.6) is 0 Å². The Morgan fingerprint density at radius 1 is 0.731 bits per heavy atom. The Morgan fingerprint density at radius 3 is 1.27 bits per heavy atom. The molecule has 0 aromatic carbocycles. The number of nitrogens with one attached hydrogen (secondary N) is 2. The van der Waals surface area contributed by atoms with Crippen LogP contribution in [0, 0.1) is 22.7 Å². The molecule has 4 N–H and O–H groups in total. The van der Waals surface area contributed by atoms with Crippen molar-refractivity contribution in [2.24, 2.45) is 22.7 Å². The van der Waals surface area contributed by atoms with Gasteiger partial charge in [-0.25, -0.2) is 4.79 Å². The molecule has 7 heteroatoms. The summed E-state index contributed by atoms with van der Waals surface area (Å²) < 4.78 is 0. The standard InChI is InChI=1S/C19H32N2O5/c1-16(2)11(13(22)23)7-9-18(16,5)20-15(26)21-19(6)10-8-12(14(24)25)17(19,3)4/h11-12H,7-10H2,1-6H3,(H,22,23)(H,24,25)(H2,20,21,26)/t11-,12-,18-,19-/m1/s1. The lowest BCUT2D eigenvalue weighted by atomic mass is 9.70. The molecule has 0 heterocycles. The molecule has 0 aromatic heterocycles. The van der Waals surface area contributed by atoms with Crippen molar-refractivity contribution in [3.05, 3.63) is 0 Å². The summed E-state index contributed by atoms with van der Waals surface area (Å²) in [5, 5.41) is 24.9. The first kappa shape index (κ1) is 20.5. The molecule has 26 heavy (non-hydrogen) atoms. The highest BCUT2D eigenvalue weighted by molar-refractivity contribution is 5.78. The SMILES string of the molecule is CC1(C)[C@@H](C(=O)O)CC[C@@]1(C)NC(=O)N[C@]1(C)CC[C@H](C(=O)O)C1(C)C. The molecule has 0 bridgehead atoms. The molecule has 7 nitrogen and oxygen atoms in total. The average Bonchev–Trinajstić information content (AvgIpc) is 2.81. The van der Waals surface area contributed by atoms with Crippen LogP contribution in [-0.4, -0.2) is 39.3 Å². The molecule has 0 saturated heterocycles. The Bertz CT molecular complexity index is 577. The van der Waals surface area contributed by atoms with Gasteiger partial charge >= 0.3 is 18.0 Å². The number of carbonyl (C=O) groups excluding carboxylic acids is 1. The largest absolute Gasteiger partial charge is 0.481 e. The van der Waals surface area contributed by atoms with E-state index < -0.39 is 45.7 Å². The molecule has 2 amide bonds. The molecule has 2 saturated carbocycles. The van der Waals surface area contributed by atoms with Gasteiger partial charge in [0.15, 0.2) is 0 Å². The summed E-state index contributed by atoms with van der Waals surface area (Å²) in [6.45, 7) is 11.3. The van der Waals surface area contributed by atoms with E-state index in [1.165, 1.54) is 0 Å². The fraction of sp³-hybridized carbons (Fsp3) is 0.842. The van der Waals surface area contributed by atoms with Crippen molar-refractivity contribution >= 4 is 18.0 Å². The van der Waals surface area contributed by atoms with Gasteiger partial charge in [0, 0.05) is 21.9 Å². The summed E-state index contributed by atoms with van der Waals surface area (Å²) in [7, 11) is 0. The molecule has 2 aliphatic carbocycles. The molecule has 0 aromatic rings. The Labute approximate surface area is 154 Å². The highest BCUT2D eigenvalue weighted by Crippen LogP contribution is 2.51. The van der Waals surface area contributed by atoms with Gasteiger partial charge in [0.2, 0.25) is 0 Å². The minimum absolute atomic E-state index is 0.367. The Balaban J connectivity index is 2.14. The van der Waals surface area contributed by atoms with Crippen molar-refractivity contribution in [2.45, 2.75) is 78.3 Å². The molecule has 4 atom stereocenters. The van der Waals surface area contributed by atoms with Crippen LogP contribution >= 0.6 is 0 Å². The van der Waals surface area contributed by atoms with Crippen LogP contribution < -0.4 is 10.6 Å². The van der Waals surface area contributed by atoms with Crippen LogP contribution in [0.2, 0.25) is 0 Å². The van der Waals surface area contributed by atoms with Crippen molar-refractivity contribution in [3.8, 4) is 0 Å². The van der Waals surface area contributed by atoms with E-state index in [-0.39, 0.29) is 6.03 Å². The van der Waals surface area contributed by atoms with Crippen LogP contribution in [-0.2, 0) is 9.59 Å². The third-order valence-electron chi connectivity index (χ3n) is 7.83. The van der Waals surface area contributed by atoms with E-state index in [9.17, 15) is 24.6 Å². The molecule has 0 spiro atoms. The second kappa shape index (κ2) is 6.13. The topological polar surface area (TPSA) is 116 Å². The number of aliphatic carboxylic acids is 2. The van der Waals surface area contributed by atoms with Gasteiger partial charge in [0.1, 0.15) is 0 Å². The zero-order chi connectivity index (χ0) is 20.1. The first-order valence-corrected chi connectivity index (χ1v) is 9.24. The van der Waals surface area contributed by atoms with Gasteiger partial charge in [-0.05, 0) is 39.5 Å². The second-order valence-corrected chi connectivity index (χ2v) is 9.55. The number of carbonyl (C=O) groups is 3. The van der Waals surface area contributed by atoms with Crippen LogP contribution in [0.4, 0.5) is 4.79 Å². The van der Waals surface area contributed by atoms with Crippen molar-refractivity contribution in [2.75, 3.05) is 0 Å². The predicted octanol–water partition coefficient (Wildman–Crippen LogP) is 2.84. The minimum Gasteiger partial charge on any atom is -0.481 e. The number of amides is 2. The number of hydrogen-bond acceptors (Lipinski definition) is 3. The smallest absolute Gasteiger partial charge is 0.315 e. The van der Waals surface area contributed by atoms with Crippen molar-refractivity contribution in [3.63, 3.8) is 0 Å². The Hall–Kier alpha value is -1.79. The van der Waals surface area contributed by atoms with Crippen LogP contribution in [0.3, 0.4) is 0 Å². The molecule has 148 valence electrons. The number of rotatable bonds is 4. The molecular formula is C19H32N2O5. The maximum absolute atomic E-state index is 12.8. The molecule has 0 aliphatic heterocycles. The fourth-order valence-corrected chi connectivity index (χ4v) is 4.85. The van der Waals surface area contributed by atoms with Gasteiger partial charge in [-0.2, -0.15) is 0 Å². The van der Waals surface area contributed by atoms with E-state index >= 15 is 0 Å². The average molecular weight is 368 g/mol. The first-order chi connectivity index (χ1) is 11.7. The maximum Gasteiger partial charge on any atom is 0.315 e. The van der Waals surface area contributed by atoms with E-state index in [0.29, 0.717) is 25.7 Å².